The minimum Gasteiger partial charge on any atom is -0.326 e. The van der Waals surface area contributed by atoms with Gasteiger partial charge in [-0.05, 0) is 30.7 Å². The first-order chi connectivity index (χ1) is 7.17. The van der Waals surface area contributed by atoms with Crippen LogP contribution in [0.3, 0.4) is 0 Å². The van der Waals surface area contributed by atoms with Crippen LogP contribution in [0.15, 0.2) is 36.5 Å². The molecule has 0 bridgehead atoms. The number of hydrogen-bond donors (Lipinski definition) is 1. The van der Waals surface area contributed by atoms with Gasteiger partial charge in [-0.2, -0.15) is 5.26 Å². The van der Waals surface area contributed by atoms with Crippen LogP contribution >= 0.6 is 0 Å². The van der Waals surface area contributed by atoms with Crippen LogP contribution in [0.5, 0.6) is 0 Å². The van der Waals surface area contributed by atoms with Gasteiger partial charge in [0, 0.05) is 11.3 Å². The van der Waals surface area contributed by atoms with E-state index in [1.807, 2.05) is 13.0 Å². The second kappa shape index (κ2) is 4.97. The highest BCUT2D eigenvalue weighted by Crippen LogP contribution is 2.04. The van der Waals surface area contributed by atoms with Crippen molar-refractivity contribution < 1.29 is 4.79 Å². The molecule has 0 aromatic heterocycles. The Hall–Kier alpha value is -2.08. The van der Waals surface area contributed by atoms with E-state index in [0.29, 0.717) is 23.2 Å². The SMILES string of the molecule is C=C(CC)NC(=O)c1ccc(C#N)cc1. The van der Waals surface area contributed by atoms with Gasteiger partial charge in [0.05, 0.1) is 11.6 Å². The topological polar surface area (TPSA) is 52.9 Å². The first-order valence-electron chi connectivity index (χ1n) is 4.66. The van der Waals surface area contributed by atoms with Crippen LogP contribution in [-0.4, -0.2) is 5.91 Å². The number of nitrogens with zero attached hydrogens (tertiary/aromatic N) is 1. The molecule has 0 saturated carbocycles. The highest BCUT2D eigenvalue weighted by Gasteiger charge is 2.05. The molecule has 0 atom stereocenters. The van der Waals surface area contributed by atoms with Crippen LogP contribution in [0.1, 0.15) is 29.3 Å². The molecule has 0 saturated heterocycles. The van der Waals surface area contributed by atoms with E-state index in [4.69, 9.17) is 5.26 Å². The summed E-state index contributed by atoms with van der Waals surface area (Å²) in [4.78, 5) is 11.6. The number of benzene rings is 1. The largest absolute Gasteiger partial charge is 0.326 e. The summed E-state index contributed by atoms with van der Waals surface area (Å²) in [5, 5.41) is 11.3. The van der Waals surface area contributed by atoms with Gasteiger partial charge in [-0.1, -0.05) is 13.5 Å². The van der Waals surface area contributed by atoms with E-state index < -0.39 is 0 Å². The molecule has 3 heteroatoms. The molecule has 0 spiro atoms. The summed E-state index contributed by atoms with van der Waals surface area (Å²) in [7, 11) is 0. The Morgan fingerprint density at radius 2 is 2.07 bits per heavy atom. The molecule has 1 N–H and O–H groups in total. The summed E-state index contributed by atoms with van der Waals surface area (Å²) in [6.07, 6.45) is 0.710. The van der Waals surface area contributed by atoms with E-state index in [2.05, 4.69) is 11.9 Å². The molecule has 0 radical (unpaired) electrons. The highest BCUT2D eigenvalue weighted by atomic mass is 16.1. The molecule has 1 amide bonds. The van der Waals surface area contributed by atoms with Gasteiger partial charge < -0.3 is 5.32 Å². The molecular weight excluding hydrogens is 188 g/mol. The van der Waals surface area contributed by atoms with E-state index in [1.54, 1.807) is 24.3 Å². The zero-order chi connectivity index (χ0) is 11.3. The Balaban J connectivity index is 2.75. The standard InChI is InChI=1S/C12H12N2O/c1-3-9(2)14-12(15)11-6-4-10(8-13)5-7-11/h4-7H,2-3H2,1H3,(H,14,15). The van der Waals surface area contributed by atoms with Gasteiger partial charge in [0.1, 0.15) is 0 Å². The number of nitriles is 1. The predicted molar refractivity (Wildman–Crippen MR) is 58.1 cm³/mol. The summed E-state index contributed by atoms with van der Waals surface area (Å²) in [6, 6.07) is 8.47. The van der Waals surface area contributed by atoms with E-state index >= 15 is 0 Å². The lowest BCUT2D eigenvalue weighted by atomic mass is 10.1. The second-order valence-corrected chi connectivity index (χ2v) is 3.10. The van der Waals surface area contributed by atoms with E-state index in [0.717, 1.165) is 0 Å². The molecule has 0 fully saturated rings. The monoisotopic (exact) mass is 200 g/mol. The fourth-order valence-corrected chi connectivity index (χ4v) is 1.02. The molecule has 0 heterocycles. The Morgan fingerprint density at radius 3 is 2.53 bits per heavy atom. The fourth-order valence-electron chi connectivity index (χ4n) is 1.02. The van der Waals surface area contributed by atoms with Gasteiger partial charge in [-0.3, -0.25) is 4.79 Å². The minimum atomic E-state index is -0.189. The third-order valence-corrected chi connectivity index (χ3v) is 1.99. The van der Waals surface area contributed by atoms with Crippen LogP contribution in [0.25, 0.3) is 0 Å². The lowest BCUT2D eigenvalue weighted by Crippen LogP contribution is -2.21. The summed E-state index contributed by atoms with van der Waals surface area (Å²) in [6.45, 7) is 5.61. The van der Waals surface area contributed by atoms with Crippen molar-refractivity contribution in [3.8, 4) is 6.07 Å². The number of carbonyl (C=O) groups excluding carboxylic acids is 1. The zero-order valence-corrected chi connectivity index (χ0v) is 8.58. The molecule has 1 aromatic carbocycles. The van der Waals surface area contributed by atoms with Crippen LogP contribution in [-0.2, 0) is 0 Å². The Kier molecular flexibility index (Phi) is 3.64. The van der Waals surface area contributed by atoms with Crippen LogP contribution in [0.4, 0.5) is 0 Å². The van der Waals surface area contributed by atoms with Gasteiger partial charge in [-0.15, -0.1) is 0 Å². The molecule has 0 aliphatic heterocycles. The fraction of sp³-hybridized carbons (Fsp3) is 0.167. The molecule has 0 aliphatic carbocycles. The van der Waals surface area contributed by atoms with Crippen molar-refractivity contribution >= 4 is 5.91 Å². The smallest absolute Gasteiger partial charge is 0.255 e. The van der Waals surface area contributed by atoms with Crippen molar-refractivity contribution in [2.45, 2.75) is 13.3 Å². The maximum atomic E-state index is 11.6. The third-order valence-electron chi connectivity index (χ3n) is 1.99. The number of rotatable bonds is 3. The van der Waals surface area contributed by atoms with Gasteiger partial charge in [0.25, 0.3) is 5.91 Å². The summed E-state index contributed by atoms with van der Waals surface area (Å²) >= 11 is 0. The number of carbonyl (C=O) groups is 1. The second-order valence-electron chi connectivity index (χ2n) is 3.10. The van der Waals surface area contributed by atoms with Gasteiger partial charge in [0.2, 0.25) is 0 Å². The first-order valence-corrected chi connectivity index (χ1v) is 4.66. The van der Waals surface area contributed by atoms with E-state index in [-0.39, 0.29) is 5.91 Å². The number of amides is 1. The van der Waals surface area contributed by atoms with Crippen LogP contribution < -0.4 is 5.32 Å². The van der Waals surface area contributed by atoms with Gasteiger partial charge in [-0.25, -0.2) is 0 Å². The van der Waals surface area contributed by atoms with Crippen molar-refractivity contribution in [1.82, 2.24) is 5.32 Å². The molecule has 1 aromatic rings. The van der Waals surface area contributed by atoms with Crippen molar-refractivity contribution in [3.05, 3.63) is 47.7 Å². The number of hydrogen-bond acceptors (Lipinski definition) is 2. The first kappa shape index (κ1) is 11.0. The van der Waals surface area contributed by atoms with E-state index in [9.17, 15) is 4.79 Å². The van der Waals surface area contributed by atoms with Gasteiger partial charge in [0.15, 0.2) is 0 Å². The maximum Gasteiger partial charge on any atom is 0.255 e. The predicted octanol–water partition coefficient (Wildman–Crippen LogP) is 2.21. The molecule has 15 heavy (non-hydrogen) atoms. The van der Waals surface area contributed by atoms with Crippen molar-refractivity contribution in [1.29, 1.82) is 5.26 Å². The van der Waals surface area contributed by atoms with Gasteiger partial charge >= 0.3 is 0 Å². The van der Waals surface area contributed by atoms with Crippen molar-refractivity contribution in [3.63, 3.8) is 0 Å². The summed E-state index contributed by atoms with van der Waals surface area (Å²) in [5.41, 5.74) is 1.76. The van der Waals surface area contributed by atoms with Crippen LogP contribution in [0.2, 0.25) is 0 Å². The van der Waals surface area contributed by atoms with Crippen molar-refractivity contribution in [2.75, 3.05) is 0 Å². The number of allylic oxidation sites excluding steroid dienone is 1. The molecule has 76 valence electrons. The summed E-state index contributed by atoms with van der Waals surface area (Å²) < 4.78 is 0. The lowest BCUT2D eigenvalue weighted by Gasteiger charge is -2.05. The van der Waals surface area contributed by atoms with Crippen LogP contribution in [0, 0.1) is 11.3 Å². The maximum absolute atomic E-state index is 11.6. The quantitative estimate of drug-likeness (QED) is 0.813. The van der Waals surface area contributed by atoms with Crippen molar-refractivity contribution in [2.24, 2.45) is 0 Å². The molecule has 1 rings (SSSR count). The minimum absolute atomic E-state index is 0.189. The Bertz CT molecular complexity index is 412. The Morgan fingerprint density at radius 1 is 1.47 bits per heavy atom. The third kappa shape index (κ3) is 2.96. The highest BCUT2D eigenvalue weighted by molar-refractivity contribution is 5.95. The zero-order valence-electron chi connectivity index (χ0n) is 8.58. The number of nitrogens with one attached hydrogen (secondary N) is 1. The average Bonchev–Trinajstić information content (AvgIpc) is 2.29. The molecular formula is C12H12N2O. The summed E-state index contributed by atoms with van der Waals surface area (Å²) in [5.74, 6) is -0.189. The lowest BCUT2D eigenvalue weighted by molar-refractivity contribution is 0.0965. The average molecular weight is 200 g/mol. The molecule has 0 aliphatic rings. The van der Waals surface area contributed by atoms with E-state index in [1.165, 1.54) is 0 Å². The Labute approximate surface area is 89.0 Å². The normalized spacial score (nSPS) is 9.07. The molecule has 0 unspecified atom stereocenters. The molecule has 3 nitrogen and oxygen atoms in total.